The second-order valence-corrected chi connectivity index (χ2v) is 7.34. The first kappa shape index (κ1) is 16.8. The van der Waals surface area contributed by atoms with E-state index in [0.717, 1.165) is 0 Å². The fraction of sp³-hybridized carbons (Fsp3) is 0.381. The minimum Gasteiger partial charge on any atom is -0.462 e. The smallest absolute Gasteiger partial charge is 0.338 e. The van der Waals surface area contributed by atoms with Crippen LogP contribution in [-0.4, -0.2) is 17.5 Å². The molecule has 0 radical (unpaired) electrons. The van der Waals surface area contributed by atoms with Crippen molar-refractivity contribution in [1.82, 2.24) is 0 Å². The Hall–Kier alpha value is -2.69. The Bertz CT molecular complexity index is 803. The summed E-state index contributed by atoms with van der Waals surface area (Å²) < 4.78 is 5.61. The number of nitro groups is 1. The van der Waals surface area contributed by atoms with Crippen LogP contribution in [0.25, 0.3) is 0 Å². The number of fused-ring (bicyclic) bond motifs is 2. The van der Waals surface area contributed by atoms with Crippen LogP contribution in [0.5, 0.6) is 0 Å². The molecule has 0 unspecified atom stereocenters. The van der Waals surface area contributed by atoms with Crippen LogP contribution in [-0.2, 0) is 4.74 Å². The molecule has 0 aliphatic heterocycles. The molecule has 2 saturated carbocycles. The van der Waals surface area contributed by atoms with Gasteiger partial charge >= 0.3 is 5.97 Å². The highest BCUT2D eigenvalue weighted by Crippen LogP contribution is 2.56. The Morgan fingerprint density at radius 2 is 1.73 bits per heavy atom. The monoisotopic (exact) mass is 351 g/mol. The second kappa shape index (κ2) is 6.90. The zero-order valence-corrected chi connectivity index (χ0v) is 14.4. The van der Waals surface area contributed by atoms with Gasteiger partial charge in [-0.1, -0.05) is 30.3 Å². The fourth-order valence-corrected chi connectivity index (χ4v) is 4.82. The number of rotatable bonds is 5. The SMILES string of the molecule is O=C(OC[C@H]1[C@H]2CC[C@@H](C2)[C@@H]1c1ccccc1)c1ccc([N+](=O)[O-])cc1. The number of hydrogen-bond donors (Lipinski definition) is 0. The third-order valence-electron chi connectivity index (χ3n) is 5.99. The van der Waals surface area contributed by atoms with Crippen LogP contribution in [0.2, 0.25) is 0 Å². The molecule has 5 nitrogen and oxygen atoms in total. The first-order valence-electron chi connectivity index (χ1n) is 9.10. The van der Waals surface area contributed by atoms with E-state index in [1.807, 2.05) is 6.07 Å². The van der Waals surface area contributed by atoms with Crippen molar-refractivity contribution < 1.29 is 14.5 Å². The van der Waals surface area contributed by atoms with Crippen molar-refractivity contribution in [2.24, 2.45) is 17.8 Å². The fourth-order valence-electron chi connectivity index (χ4n) is 4.82. The second-order valence-electron chi connectivity index (χ2n) is 7.34. The topological polar surface area (TPSA) is 69.4 Å². The van der Waals surface area contributed by atoms with E-state index in [1.54, 1.807) is 0 Å². The zero-order chi connectivity index (χ0) is 18.1. The zero-order valence-electron chi connectivity index (χ0n) is 14.4. The number of nitro benzene ring substituents is 1. The summed E-state index contributed by atoms with van der Waals surface area (Å²) in [6.07, 6.45) is 3.70. The largest absolute Gasteiger partial charge is 0.462 e. The maximum absolute atomic E-state index is 12.3. The minimum absolute atomic E-state index is 0.0289. The molecule has 0 heterocycles. The molecule has 0 spiro atoms. The molecule has 26 heavy (non-hydrogen) atoms. The van der Waals surface area contributed by atoms with Crippen molar-refractivity contribution in [3.63, 3.8) is 0 Å². The van der Waals surface area contributed by atoms with Gasteiger partial charge in [-0.15, -0.1) is 0 Å². The van der Waals surface area contributed by atoms with E-state index in [9.17, 15) is 14.9 Å². The Morgan fingerprint density at radius 1 is 1.04 bits per heavy atom. The average Bonchev–Trinajstić information content (AvgIpc) is 3.28. The maximum atomic E-state index is 12.3. The van der Waals surface area contributed by atoms with Crippen molar-refractivity contribution in [3.8, 4) is 0 Å². The van der Waals surface area contributed by atoms with Gasteiger partial charge in [0.1, 0.15) is 0 Å². The molecule has 2 aromatic rings. The van der Waals surface area contributed by atoms with Gasteiger partial charge in [0.25, 0.3) is 5.69 Å². The van der Waals surface area contributed by atoms with Crippen LogP contribution < -0.4 is 0 Å². The Balaban J connectivity index is 1.44. The number of carbonyl (C=O) groups is 1. The number of nitrogens with zero attached hydrogens (tertiary/aromatic N) is 1. The van der Waals surface area contributed by atoms with Gasteiger partial charge in [-0.05, 0) is 54.7 Å². The molecule has 0 saturated heterocycles. The summed E-state index contributed by atoms with van der Waals surface area (Å²) >= 11 is 0. The van der Waals surface area contributed by atoms with Gasteiger partial charge in [-0.2, -0.15) is 0 Å². The molecular weight excluding hydrogens is 330 g/mol. The number of benzene rings is 2. The lowest BCUT2D eigenvalue weighted by atomic mass is 9.76. The Labute approximate surface area is 152 Å². The van der Waals surface area contributed by atoms with Gasteiger partial charge in [-0.25, -0.2) is 4.79 Å². The van der Waals surface area contributed by atoms with Crippen molar-refractivity contribution in [3.05, 3.63) is 75.8 Å². The standard InChI is InChI=1S/C21H21NO4/c23-21(15-8-10-18(11-9-15)22(24)25)26-13-19-16-6-7-17(12-16)20(19)14-4-2-1-3-5-14/h1-5,8-11,16-17,19-20H,6-7,12-13H2/t16-,17-,19-,20-/m0/s1. The van der Waals surface area contributed by atoms with E-state index in [1.165, 1.54) is 49.1 Å². The average molecular weight is 351 g/mol. The van der Waals surface area contributed by atoms with Crippen LogP contribution >= 0.6 is 0 Å². The number of non-ortho nitro benzene ring substituents is 1. The normalized spacial score (nSPS) is 26.6. The predicted molar refractivity (Wildman–Crippen MR) is 96.9 cm³/mol. The molecule has 2 aliphatic rings. The molecule has 2 aromatic carbocycles. The maximum Gasteiger partial charge on any atom is 0.338 e. The molecule has 2 fully saturated rings. The van der Waals surface area contributed by atoms with E-state index in [0.29, 0.717) is 35.8 Å². The predicted octanol–water partition coefficient (Wildman–Crippen LogP) is 4.58. The van der Waals surface area contributed by atoms with E-state index in [-0.39, 0.29) is 5.69 Å². The van der Waals surface area contributed by atoms with Crippen LogP contribution in [0.3, 0.4) is 0 Å². The lowest BCUT2D eigenvalue weighted by molar-refractivity contribution is -0.384. The van der Waals surface area contributed by atoms with Gasteiger partial charge in [0.05, 0.1) is 17.1 Å². The molecule has 0 N–H and O–H groups in total. The lowest BCUT2D eigenvalue weighted by Crippen LogP contribution is -2.26. The quantitative estimate of drug-likeness (QED) is 0.449. The molecule has 2 bridgehead atoms. The number of esters is 1. The number of ether oxygens (including phenoxy) is 1. The summed E-state index contributed by atoms with van der Waals surface area (Å²) in [5.41, 5.74) is 1.67. The molecule has 0 aromatic heterocycles. The molecule has 5 heteroatoms. The molecule has 4 atom stereocenters. The van der Waals surface area contributed by atoms with E-state index in [2.05, 4.69) is 24.3 Å². The van der Waals surface area contributed by atoms with Gasteiger partial charge in [0.2, 0.25) is 0 Å². The molecule has 134 valence electrons. The van der Waals surface area contributed by atoms with E-state index >= 15 is 0 Å². The Morgan fingerprint density at radius 3 is 2.42 bits per heavy atom. The van der Waals surface area contributed by atoms with Gasteiger partial charge in [0.15, 0.2) is 0 Å². The number of carbonyl (C=O) groups excluding carboxylic acids is 1. The minimum atomic E-state index is -0.477. The summed E-state index contributed by atoms with van der Waals surface area (Å²) in [5, 5.41) is 10.7. The first-order valence-corrected chi connectivity index (χ1v) is 9.10. The third-order valence-corrected chi connectivity index (χ3v) is 5.99. The van der Waals surface area contributed by atoms with Crippen LogP contribution in [0, 0.1) is 27.9 Å². The summed E-state index contributed by atoms with van der Waals surface area (Å²) in [6, 6.07) is 16.1. The lowest BCUT2D eigenvalue weighted by Gasteiger charge is -2.31. The molecule has 4 rings (SSSR count). The summed E-state index contributed by atoms with van der Waals surface area (Å²) in [6.45, 7) is 0.413. The van der Waals surface area contributed by atoms with Gasteiger partial charge in [0, 0.05) is 18.1 Å². The Kier molecular flexibility index (Phi) is 4.45. The highest BCUT2D eigenvalue weighted by molar-refractivity contribution is 5.89. The van der Waals surface area contributed by atoms with Gasteiger partial charge in [-0.3, -0.25) is 10.1 Å². The van der Waals surface area contributed by atoms with Crippen LogP contribution in [0.1, 0.15) is 41.1 Å². The van der Waals surface area contributed by atoms with Crippen molar-refractivity contribution in [1.29, 1.82) is 0 Å². The first-order chi connectivity index (χ1) is 12.6. The van der Waals surface area contributed by atoms with E-state index in [4.69, 9.17) is 4.74 Å². The molecular formula is C21H21NO4. The van der Waals surface area contributed by atoms with E-state index < -0.39 is 10.9 Å². The van der Waals surface area contributed by atoms with Crippen LogP contribution in [0.4, 0.5) is 5.69 Å². The van der Waals surface area contributed by atoms with Crippen molar-refractivity contribution in [2.45, 2.75) is 25.2 Å². The van der Waals surface area contributed by atoms with Gasteiger partial charge < -0.3 is 4.74 Å². The van der Waals surface area contributed by atoms with Crippen molar-refractivity contribution >= 4 is 11.7 Å². The van der Waals surface area contributed by atoms with Crippen LogP contribution in [0.15, 0.2) is 54.6 Å². The summed E-state index contributed by atoms with van der Waals surface area (Å²) in [4.78, 5) is 22.6. The number of hydrogen-bond acceptors (Lipinski definition) is 4. The molecule has 2 aliphatic carbocycles. The van der Waals surface area contributed by atoms with Crippen molar-refractivity contribution in [2.75, 3.05) is 6.61 Å². The third kappa shape index (κ3) is 3.09. The summed E-state index contributed by atoms with van der Waals surface area (Å²) in [5.74, 6) is 1.72. The summed E-state index contributed by atoms with van der Waals surface area (Å²) in [7, 11) is 0. The highest BCUT2D eigenvalue weighted by Gasteiger charge is 2.48. The molecule has 0 amide bonds. The highest BCUT2D eigenvalue weighted by atomic mass is 16.6.